The van der Waals surface area contributed by atoms with Crippen molar-refractivity contribution >= 4 is 24.2 Å². The predicted octanol–water partition coefficient (Wildman–Crippen LogP) is 0.438. The van der Waals surface area contributed by atoms with Crippen LogP contribution in [0.2, 0.25) is 0 Å². The first-order chi connectivity index (χ1) is 8.28. The summed E-state index contributed by atoms with van der Waals surface area (Å²) in [6.07, 6.45) is 4.38. The number of hydrogen-bond donors (Lipinski definition) is 0. The molecule has 0 amide bonds. The molecule has 0 unspecified atom stereocenters. The highest BCUT2D eigenvalue weighted by Gasteiger charge is 2.25. The first-order valence-corrected chi connectivity index (χ1v) is 5.74. The van der Waals surface area contributed by atoms with Crippen LogP contribution in [0.1, 0.15) is 12.8 Å². The summed E-state index contributed by atoms with van der Waals surface area (Å²) in [5.41, 5.74) is 1.93. The minimum Gasteiger partial charge on any atom is -0.493 e. The van der Waals surface area contributed by atoms with Gasteiger partial charge < -0.3 is 9.47 Å². The van der Waals surface area contributed by atoms with Crippen LogP contribution in [0.3, 0.4) is 0 Å². The van der Waals surface area contributed by atoms with Crippen molar-refractivity contribution in [3.63, 3.8) is 0 Å². The normalized spacial score (nSPS) is 14.9. The van der Waals surface area contributed by atoms with Crippen molar-refractivity contribution in [2.45, 2.75) is 18.9 Å². The first kappa shape index (κ1) is 10.4. The van der Waals surface area contributed by atoms with Crippen molar-refractivity contribution in [1.82, 2.24) is 10.2 Å². The Bertz CT molecular complexity index is 570. The number of aromatic nitrogens is 2. The fourth-order valence-corrected chi connectivity index (χ4v) is 1.81. The van der Waals surface area contributed by atoms with Gasteiger partial charge in [0, 0.05) is 17.6 Å². The molecule has 1 aromatic heterocycles. The Hall–Kier alpha value is -1.78. The molecule has 0 aliphatic heterocycles. The van der Waals surface area contributed by atoms with E-state index < -0.39 is 0 Å². The monoisotopic (exact) mass is 228 g/mol. The average molecular weight is 228 g/mol. The van der Waals surface area contributed by atoms with Gasteiger partial charge in [-0.05, 0) is 18.9 Å². The zero-order valence-corrected chi connectivity index (χ0v) is 9.93. The van der Waals surface area contributed by atoms with Crippen LogP contribution < -0.4 is 14.9 Å². The van der Waals surface area contributed by atoms with E-state index in [0.29, 0.717) is 6.10 Å². The van der Waals surface area contributed by atoms with Crippen molar-refractivity contribution in [3.8, 4) is 11.5 Å². The first-order valence-electron chi connectivity index (χ1n) is 5.74. The molecule has 0 atom stereocenters. The van der Waals surface area contributed by atoms with Crippen LogP contribution >= 0.6 is 0 Å². The molecule has 0 radical (unpaired) electrons. The highest BCUT2D eigenvalue weighted by Crippen LogP contribution is 2.35. The van der Waals surface area contributed by atoms with Gasteiger partial charge in [-0.3, -0.25) is 0 Å². The van der Waals surface area contributed by atoms with Gasteiger partial charge >= 0.3 is 0 Å². The van der Waals surface area contributed by atoms with Gasteiger partial charge in [0.2, 0.25) is 0 Å². The molecule has 17 heavy (non-hydrogen) atoms. The lowest BCUT2D eigenvalue weighted by molar-refractivity contribution is 0.282. The highest BCUT2D eigenvalue weighted by molar-refractivity contribution is 6.38. The highest BCUT2D eigenvalue weighted by atomic mass is 16.5. The summed E-state index contributed by atoms with van der Waals surface area (Å²) in [7, 11) is 3.66. The smallest absolute Gasteiger partial charge is 0.163 e. The third-order valence-electron chi connectivity index (χ3n) is 2.94. The van der Waals surface area contributed by atoms with E-state index in [9.17, 15) is 0 Å². The molecule has 1 heterocycles. The Labute approximate surface area is 100 Å². The SMILES string of the molecule is Bc1cnnc2cc(OC)c(OC3CC3)cc12. The van der Waals surface area contributed by atoms with E-state index in [1.807, 2.05) is 20.0 Å². The molecule has 3 rings (SSSR count). The molecule has 0 N–H and O–H groups in total. The number of rotatable bonds is 3. The van der Waals surface area contributed by atoms with E-state index in [-0.39, 0.29) is 0 Å². The molecule has 5 heteroatoms. The maximum absolute atomic E-state index is 5.84. The lowest BCUT2D eigenvalue weighted by atomic mass is 9.94. The zero-order valence-electron chi connectivity index (χ0n) is 9.93. The summed E-state index contributed by atoms with van der Waals surface area (Å²) in [6.45, 7) is 0. The molecular formula is C12H13BN2O2. The third kappa shape index (κ3) is 1.93. The minimum absolute atomic E-state index is 0.358. The number of methoxy groups -OCH3 is 1. The van der Waals surface area contributed by atoms with Gasteiger partial charge in [-0.25, -0.2) is 0 Å². The average Bonchev–Trinajstić information content (AvgIpc) is 3.13. The van der Waals surface area contributed by atoms with Crippen LogP contribution in [0.5, 0.6) is 11.5 Å². The topological polar surface area (TPSA) is 44.2 Å². The summed E-state index contributed by atoms with van der Waals surface area (Å²) < 4.78 is 11.2. The second-order valence-corrected chi connectivity index (χ2v) is 4.37. The summed E-state index contributed by atoms with van der Waals surface area (Å²) in [4.78, 5) is 0. The van der Waals surface area contributed by atoms with E-state index in [0.717, 1.165) is 40.7 Å². The minimum atomic E-state index is 0.358. The number of nitrogens with zero attached hydrogens (tertiary/aromatic N) is 2. The van der Waals surface area contributed by atoms with Crippen molar-refractivity contribution in [2.75, 3.05) is 7.11 Å². The number of ether oxygens (including phenoxy) is 2. The molecule has 0 bridgehead atoms. The van der Waals surface area contributed by atoms with Crippen molar-refractivity contribution in [3.05, 3.63) is 18.3 Å². The molecule has 1 aliphatic rings. The van der Waals surface area contributed by atoms with Gasteiger partial charge in [0.1, 0.15) is 7.85 Å². The standard InChI is InChI=1S/C12H13BN2O2/c1-16-11-5-10-8(9(13)6-14-15-10)4-12(11)17-7-2-3-7/h4-7H,2-3,13H2,1H3. The fraction of sp³-hybridized carbons (Fsp3) is 0.333. The van der Waals surface area contributed by atoms with E-state index in [1.165, 1.54) is 0 Å². The van der Waals surface area contributed by atoms with Crippen molar-refractivity contribution < 1.29 is 9.47 Å². The Morgan fingerprint density at radius 2 is 2.12 bits per heavy atom. The summed E-state index contributed by atoms with van der Waals surface area (Å²) in [5, 5.41) is 9.11. The second kappa shape index (κ2) is 3.91. The molecule has 1 fully saturated rings. The molecule has 0 spiro atoms. The van der Waals surface area contributed by atoms with Crippen LogP contribution in [0.25, 0.3) is 10.9 Å². The summed E-state index contributed by atoms with van der Waals surface area (Å²) in [6, 6.07) is 3.88. The third-order valence-corrected chi connectivity index (χ3v) is 2.94. The van der Waals surface area contributed by atoms with E-state index >= 15 is 0 Å². The van der Waals surface area contributed by atoms with Gasteiger partial charge in [-0.2, -0.15) is 10.2 Å². The number of benzene rings is 1. The fourth-order valence-electron chi connectivity index (χ4n) is 1.81. The molecule has 86 valence electrons. The van der Waals surface area contributed by atoms with Crippen molar-refractivity contribution in [2.24, 2.45) is 0 Å². The van der Waals surface area contributed by atoms with E-state index in [2.05, 4.69) is 10.2 Å². The number of hydrogen-bond acceptors (Lipinski definition) is 4. The molecule has 4 nitrogen and oxygen atoms in total. The molecule has 0 saturated heterocycles. The molecular weight excluding hydrogens is 215 g/mol. The molecule has 1 aliphatic carbocycles. The van der Waals surface area contributed by atoms with Gasteiger partial charge in [-0.1, -0.05) is 5.46 Å². The quantitative estimate of drug-likeness (QED) is 0.715. The Morgan fingerprint density at radius 3 is 2.82 bits per heavy atom. The van der Waals surface area contributed by atoms with Crippen LogP contribution in [-0.4, -0.2) is 31.3 Å². The van der Waals surface area contributed by atoms with Gasteiger partial charge in [0.05, 0.1) is 18.7 Å². The maximum Gasteiger partial charge on any atom is 0.163 e. The Balaban J connectivity index is 2.14. The predicted molar refractivity (Wildman–Crippen MR) is 67.9 cm³/mol. The van der Waals surface area contributed by atoms with Gasteiger partial charge in [-0.15, -0.1) is 0 Å². The molecule has 1 aromatic carbocycles. The van der Waals surface area contributed by atoms with E-state index in [4.69, 9.17) is 9.47 Å². The lowest BCUT2D eigenvalue weighted by Gasteiger charge is -2.11. The van der Waals surface area contributed by atoms with Crippen LogP contribution in [0.4, 0.5) is 0 Å². The van der Waals surface area contributed by atoms with Gasteiger partial charge in [0.15, 0.2) is 11.5 Å². The number of fused-ring (bicyclic) bond motifs is 1. The summed E-state index contributed by atoms with van der Waals surface area (Å²) >= 11 is 0. The Morgan fingerprint density at radius 1 is 1.29 bits per heavy atom. The van der Waals surface area contributed by atoms with Crippen LogP contribution in [-0.2, 0) is 0 Å². The second-order valence-electron chi connectivity index (χ2n) is 4.37. The molecule has 1 saturated carbocycles. The maximum atomic E-state index is 5.84. The van der Waals surface area contributed by atoms with Gasteiger partial charge in [0.25, 0.3) is 0 Å². The largest absolute Gasteiger partial charge is 0.493 e. The zero-order chi connectivity index (χ0) is 11.8. The van der Waals surface area contributed by atoms with E-state index in [1.54, 1.807) is 13.3 Å². The Kier molecular flexibility index (Phi) is 2.39. The van der Waals surface area contributed by atoms with Crippen LogP contribution in [0.15, 0.2) is 18.3 Å². The van der Waals surface area contributed by atoms with Crippen molar-refractivity contribution in [1.29, 1.82) is 0 Å². The molecule has 2 aromatic rings. The lowest BCUT2D eigenvalue weighted by Crippen LogP contribution is -2.08. The summed E-state index contributed by atoms with van der Waals surface area (Å²) in [5.74, 6) is 1.53. The van der Waals surface area contributed by atoms with Crippen LogP contribution in [0, 0.1) is 0 Å².